The van der Waals surface area contributed by atoms with Crippen molar-refractivity contribution in [2.24, 2.45) is 5.73 Å². The number of carboxylic acids is 1. The van der Waals surface area contributed by atoms with Gasteiger partial charge in [0.2, 0.25) is 27.4 Å². The highest BCUT2D eigenvalue weighted by molar-refractivity contribution is 7.92. The molecule has 2 aromatic heterocycles. The van der Waals surface area contributed by atoms with Crippen LogP contribution in [0.2, 0.25) is 0 Å². The standard InChI is InChI=1S/C24H17F2N5O7S.ClH/c1-39(37,38)31-19-15(25)7-6-13(16(19)26)21(33)18-14-8-12(9-28-23(14)30-29-18)10-2-4-11(5-3-10)20(32)22(34)17(27)24(35)36;/h2-9,17,31H,27H2,1H3,(H,35,36)(H,28,29,30);1H. The third-order valence-corrected chi connectivity index (χ3v) is 6.09. The lowest BCUT2D eigenvalue weighted by atomic mass is 9.98. The number of Topliss-reactive ketones (excluding diaryl/α,β-unsaturated/α-hetero) is 2. The van der Waals surface area contributed by atoms with Gasteiger partial charge in [0.1, 0.15) is 17.2 Å². The SMILES string of the molecule is CS(=O)(=O)Nc1c(F)ccc(C(=O)c2[nH]nc3ncc(-c4ccc(C(=O)C(=O)C(N)C(=O)O)cc4)cc23)c1F.Cl. The van der Waals surface area contributed by atoms with Crippen LogP contribution in [0.3, 0.4) is 0 Å². The fourth-order valence-electron chi connectivity index (χ4n) is 3.58. The van der Waals surface area contributed by atoms with E-state index in [4.69, 9.17) is 10.8 Å². The first-order valence-corrected chi connectivity index (χ1v) is 12.7. The highest BCUT2D eigenvalue weighted by atomic mass is 35.5. The predicted octanol–water partition coefficient (Wildman–Crippen LogP) is 2.09. The van der Waals surface area contributed by atoms with E-state index in [9.17, 15) is 36.4 Å². The molecule has 0 amide bonds. The van der Waals surface area contributed by atoms with Crippen molar-refractivity contribution in [3.05, 3.63) is 77.1 Å². The van der Waals surface area contributed by atoms with Gasteiger partial charge < -0.3 is 10.8 Å². The van der Waals surface area contributed by atoms with Crippen LogP contribution < -0.4 is 10.5 Å². The first-order chi connectivity index (χ1) is 18.3. The van der Waals surface area contributed by atoms with Crippen molar-refractivity contribution in [3.63, 3.8) is 0 Å². The average Bonchev–Trinajstić information content (AvgIpc) is 3.32. The van der Waals surface area contributed by atoms with Gasteiger partial charge in [-0.25, -0.2) is 22.2 Å². The summed E-state index contributed by atoms with van der Waals surface area (Å²) in [6, 6.07) is 6.53. The molecule has 208 valence electrons. The van der Waals surface area contributed by atoms with E-state index in [2.05, 4.69) is 15.2 Å². The fourth-order valence-corrected chi connectivity index (χ4v) is 4.14. The van der Waals surface area contributed by atoms with E-state index in [1.807, 2.05) is 0 Å². The Labute approximate surface area is 230 Å². The van der Waals surface area contributed by atoms with Gasteiger partial charge in [0, 0.05) is 17.3 Å². The quantitative estimate of drug-likeness (QED) is 0.126. The van der Waals surface area contributed by atoms with Gasteiger partial charge in [0.15, 0.2) is 17.5 Å². The Kier molecular flexibility index (Phi) is 8.42. The second kappa shape index (κ2) is 11.3. The first-order valence-electron chi connectivity index (χ1n) is 10.8. The molecule has 12 nitrogen and oxygen atoms in total. The summed E-state index contributed by atoms with van der Waals surface area (Å²) in [7, 11) is -4.05. The largest absolute Gasteiger partial charge is 0.480 e. The topological polar surface area (TPSA) is 202 Å². The summed E-state index contributed by atoms with van der Waals surface area (Å²) in [5.41, 5.74) is 4.23. The number of pyridine rings is 1. The Balaban J connectivity index is 0.00000441. The van der Waals surface area contributed by atoms with Gasteiger partial charge in [-0.15, -0.1) is 12.4 Å². The number of aromatic nitrogens is 3. The number of anilines is 1. The van der Waals surface area contributed by atoms with Crippen LogP contribution in [0, 0.1) is 11.6 Å². The summed E-state index contributed by atoms with van der Waals surface area (Å²) >= 11 is 0. The summed E-state index contributed by atoms with van der Waals surface area (Å²) in [4.78, 5) is 52.3. The first kappa shape index (κ1) is 29.9. The predicted molar refractivity (Wildman–Crippen MR) is 140 cm³/mol. The van der Waals surface area contributed by atoms with Gasteiger partial charge in [-0.1, -0.05) is 24.3 Å². The van der Waals surface area contributed by atoms with Crippen molar-refractivity contribution in [3.8, 4) is 11.1 Å². The molecular formula is C24H18ClF2N5O7S. The number of carbonyl (C=O) groups is 4. The number of aliphatic carboxylic acids is 1. The number of hydrogen-bond acceptors (Lipinski definition) is 9. The molecule has 1 atom stereocenters. The zero-order chi connectivity index (χ0) is 28.6. The van der Waals surface area contributed by atoms with Crippen LogP contribution in [0.5, 0.6) is 0 Å². The molecule has 0 aliphatic carbocycles. The van der Waals surface area contributed by atoms with Crippen molar-refractivity contribution in [1.82, 2.24) is 15.2 Å². The smallest absolute Gasteiger partial charge is 0.328 e. The number of benzene rings is 2. The Morgan fingerprint density at radius 3 is 2.30 bits per heavy atom. The van der Waals surface area contributed by atoms with Crippen molar-refractivity contribution in [1.29, 1.82) is 0 Å². The molecule has 5 N–H and O–H groups in total. The molecule has 1 unspecified atom stereocenters. The number of hydrogen-bond donors (Lipinski definition) is 4. The Bertz CT molecular complexity index is 1790. The lowest BCUT2D eigenvalue weighted by Crippen LogP contribution is -2.42. The normalized spacial score (nSPS) is 11.9. The molecule has 16 heteroatoms. The van der Waals surface area contributed by atoms with Crippen molar-refractivity contribution >= 4 is 62.5 Å². The van der Waals surface area contributed by atoms with E-state index >= 15 is 0 Å². The average molecular weight is 594 g/mol. The summed E-state index contributed by atoms with van der Waals surface area (Å²) < 4.78 is 53.7. The van der Waals surface area contributed by atoms with Gasteiger partial charge in [-0.3, -0.25) is 29.0 Å². The van der Waals surface area contributed by atoms with Gasteiger partial charge >= 0.3 is 5.97 Å². The molecule has 40 heavy (non-hydrogen) atoms. The molecular weight excluding hydrogens is 576 g/mol. The highest BCUT2D eigenvalue weighted by Crippen LogP contribution is 2.28. The number of aromatic amines is 1. The maximum Gasteiger partial charge on any atom is 0.328 e. The number of halogens is 3. The van der Waals surface area contributed by atoms with E-state index in [1.165, 1.54) is 36.5 Å². The number of sulfonamides is 1. The van der Waals surface area contributed by atoms with Crippen LogP contribution in [0.15, 0.2) is 48.7 Å². The van der Waals surface area contributed by atoms with Crippen molar-refractivity contribution in [2.45, 2.75) is 6.04 Å². The van der Waals surface area contributed by atoms with Gasteiger partial charge in [0.25, 0.3) is 0 Å². The second-order valence-corrected chi connectivity index (χ2v) is 10.0. The van der Waals surface area contributed by atoms with Crippen LogP contribution in [0.25, 0.3) is 22.2 Å². The van der Waals surface area contributed by atoms with Gasteiger partial charge in [-0.2, -0.15) is 5.10 Å². The third-order valence-electron chi connectivity index (χ3n) is 5.51. The Morgan fingerprint density at radius 1 is 1.05 bits per heavy atom. The molecule has 4 aromatic rings. The molecule has 2 heterocycles. The zero-order valence-corrected chi connectivity index (χ0v) is 21.8. The lowest BCUT2D eigenvalue weighted by Gasteiger charge is -2.10. The minimum absolute atomic E-state index is 0. The molecule has 0 spiro atoms. The lowest BCUT2D eigenvalue weighted by molar-refractivity contribution is -0.141. The second-order valence-electron chi connectivity index (χ2n) is 8.27. The van der Waals surface area contributed by atoms with E-state index < -0.39 is 62.3 Å². The number of rotatable bonds is 9. The van der Waals surface area contributed by atoms with E-state index in [-0.39, 0.29) is 34.7 Å². The number of nitrogens with one attached hydrogen (secondary N) is 2. The monoisotopic (exact) mass is 593 g/mol. The molecule has 0 fully saturated rings. The minimum Gasteiger partial charge on any atom is -0.480 e. The zero-order valence-electron chi connectivity index (χ0n) is 20.1. The third kappa shape index (κ3) is 5.85. The summed E-state index contributed by atoms with van der Waals surface area (Å²) in [6.07, 6.45) is 2.09. The molecule has 0 aliphatic rings. The number of nitrogens with zero attached hydrogens (tertiary/aromatic N) is 2. The van der Waals surface area contributed by atoms with Crippen LogP contribution in [-0.2, 0) is 19.6 Å². The Morgan fingerprint density at radius 2 is 1.70 bits per heavy atom. The molecule has 4 rings (SSSR count). The number of ketones is 3. The summed E-state index contributed by atoms with van der Waals surface area (Å²) in [6.45, 7) is 0. The van der Waals surface area contributed by atoms with Crippen LogP contribution in [0.1, 0.15) is 26.4 Å². The molecule has 0 radical (unpaired) electrons. The molecule has 0 saturated heterocycles. The summed E-state index contributed by atoms with van der Waals surface area (Å²) in [5.74, 6) is -7.62. The van der Waals surface area contributed by atoms with Gasteiger partial charge in [-0.05, 0) is 23.8 Å². The van der Waals surface area contributed by atoms with Crippen LogP contribution in [-0.4, -0.2) is 64.3 Å². The van der Waals surface area contributed by atoms with Crippen molar-refractivity contribution < 1.29 is 41.5 Å². The van der Waals surface area contributed by atoms with E-state index in [0.717, 1.165) is 12.1 Å². The molecule has 0 bridgehead atoms. The number of carboxylic acid groups (broad SMARTS) is 1. The number of H-pyrrole nitrogens is 1. The minimum atomic E-state index is -4.05. The molecule has 2 aromatic carbocycles. The maximum absolute atomic E-state index is 15.0. The maximum atomic E-state index is 15.0. The number of carbonyl (C=O) groups excluding carboxylic acids is 3. The molecule has 0 aliphatic heterocycles. The van der Waals surface area contributed by atoms with E-state index in [1.54, 1.807) is 4.72 Å². The van der Waals surface area contributed by atoms with Crippen LogP contribution >= 0.6 is 12.4 Å². The van der Waals surface area contributed by atoms with E-state index in [0.29, 0.717) is 17.4 Å². The number of fused-ring (bicyclic) bond motifs is 1. The highest BCUT2D eigenvalue weighted by Gasteiger charge is 2.29. The van der Waals surface area contributed by atoms with Crippen LogP contribution in [0.4, 0.5) is 14.5 Å². The Hall–Kier alpha value is -4.60. The fraction of sp³-hybridized carbons (Fsp3) is 0.0833. The molecule has 0 saturated carbocycles. The van der Waals surface area contributed by atoms with Gasteiger partial charge in [0.05, 0.1) is 17.2 Å². The van der Waals surface area contributed by atoms with Crippen molar-refractivity contribution in [2.75, 3.05) is 11.0 Å². The number of nitrogens with two attached hydrogens (primary N) is 1. The summed E-state index contributed by atoms with van der Waals surface area (Å²) in [5, 5.41) is 15.3.